The van der Waals surface area contributed by atoms with E-state index in [4.69, 9.17) is 35.4 Å². The van der Waals surface area contributed by atoms with E-state index in [1.807, 2.05) is 6.92 Å². The van der Waals surface area contributed by atoms with Crippen molar-refractivity contribution in [1.82, 2.24) is 5.32 Å². The summed E-state index contributed by atoms with van der Waals surface area (Å²) in [6.07, 6.45) is 0. The van der Waals surface area contributed by atoms with Gasteiger partial charge in [-0.2, -0.15) is 0 Å². The van der Waals surface area contributed by atoms with Crippen LogP contribution in [-0.2, 0) is 0 Å². The first kappa shape index (κ1) is 11.6. The second-order valence-electron chi connectivity index (χ2n) is 2.64. The van der Waals surface area contributed by atoms with Crippen molar-refractivity contribution in [2.75, 3.05) is 11.9 Å². The van der Waals surface area contributed by atoms with E-state index in [-0.39, 0.29) is 0 Å². The normalized spacial score (nSPS) is 9.64. The summed E-state index contributed by atoms with van der Waals surface area (Å²) in [5.41, 5.74) is 0.786. The predicted molar refractivity (Wildman–Crippen MR) is 66.4 cm³/mol. The Morgan fingerprint density at radius 1 is 1.29 bits per heavy atom. The highest BCUT2D eigenvalue weighted by atomic mass is 35.5. The SMILES string of the molecule is CCNC(=S)Nc1cc(Cl)cc(Cl)c1. The zero-order valence-corrected chi connectivity index (χ0v) is 9.93. The quantitative estimate of drug-likeness (QED) is 0.786. The lowest BCUT2D eigenvalue weighted by Crippen LogP contribution is -2.27. The molecule has 0 saturated carbocycles. The number of rotatable bonds is 2. The van der Waals surface area contributed by atoms with Gasteiger partial charge in [0.15, 0.2) is 5.11 Å². The van der Waals surface area contributed by atoms with Gasteiger partial charge in [-0.3, -0.25) is 0 Å². The van der Waals surface area contributed by atoms with Crippen LogP contribution in [0.4, 0.5) is 5.69 Å². The molecule has 0 radical (unpaired) electrons. The molecule has 0 saturated heterocycles. The average molecular weight is 249 g/mol. The first-order valence-electron chi connectivity index (χ1n) is 4.12. The van der Waals surface area contributed by atoms with Crippen LogP contribution in [0.3, 0.4) is 0 Å². The van der Waals surface area contributed by atoms with Crippen LogP contribution in [0.15, 0.2) is 18.2 Å². The van der Waals surface area contributed by atoms with E-state index in [1.54, 1.807) is 18.2 Å². The molecule has 2 N–H and O–H groups in total. The van der Waals surface area contributed by atoms with Crippen molar-refractivity contribution >= 4 is 46.2 Å². The Morgan fingerprint density at radius 2 is 1.86 bits per heavy atom. The van der Waals surface area contributed by atoms with Crippen LogP contribution < -0.4 is 10.6 Å². The second-order valence-corrected chi connectivity index (χ2v) is 3.92. The summed E-state index contributed by atoms with van der Waals surface area (Å²) in [7, 11) is 0. The monoisotopic (exact) mass is 248 g/mol. The molecule has 76 valence electrons. The maximum Gasteiger partial charge on any atom is 0.170 e. The number of benzene rings is 1. The summed E-state index contributed by atoms with van der Waals surface area (Å²) in [4.78, 5) is 0. The van der Waals surface area contributed by atoms with Crippen molar-refractivity contribution in [3.8, 4) is 0 Å². The number of hydrogen-bond acceptors (Lipinski definition) is 1. The van der Waals surface area contributed by atoms with Gasteiger partial charge in [0.2, 0.25) is 0 Å². The Hall–Kier alpha value is -0.510. The predicted octanol–water partition coefficient (Wildman–Crippen LogP) is 3.30. The molecule has 0 amide bonds. The van der Waals surface area contributed by atoms with Crippen molar-refractivity contribution in [2.45, 2.75) is 6.92 Å². The Kier molecular flexibility index (Phi) is 4.45. The Morgan fingerprint density at radius 3 is 2.36 bits per heavy atom. The lowest BCUT2D eigenvalue weighted by molar-refractivity contribution is 0.979. The van der Waals surface area contributed by atoms with Gasteiger partial charge in [0.05, 0.1) is 0 Å². The molecule has 0 aromatic heterocycles. The third-order valence-corrected chi connectivity index (χ3v) is 2.14. The molecule has 0 fully saturated rings. The highest BCUT2D eigenvalue weighted by Gasteiger charge is 1.99. The Labute approximate surface area is 98.6 Å². The van der Waals surface area contributed by atoms with Crippen molar-refractivity contribution in [1.29, 1.82) is 0 Å². The highest BCUT2D eigenvalue weighted by Crippen LogP contribution is 2.22. The molecule has 0 aliphatic heterocycles. The maximum atomic E-state index is 5.82. The third-order valence-electron chi connectivity index (χ3n) is 1.46. The zero-order valence-electron chi connectivity index (χ0n) is 7.60. The molecule has 0 unspecified atom stereocenters. The average Bonchev–Trinajstić information content (AvgIpc) is 2.01. The van der Waals surface area contributed by atoms with Crippen LogP contribution in [0.2, 0.25) is 10.0 Å². The minimum Gasteiger partial charge on any atom is -0.363 e. The second kappa shape index (κ2) is 5.39. The van der Waals surface area contributed by atoms with E-state index in [0.29, 0.717) is 15.2 Å². The van der Waals surface area contributed by atoms with Crippen molar-refractivity contribution in [3.63, 3.8) is 0 Å². The minimum absolute atomic E-state index is 0.561. The van der Waals surface area contributed by atoms with Gasteiger partial charge in [0, 0.05) is 22.3 Å². The van der Waals surface area contributed by atoms with Gasteiger partial charge in [-0.25, -0.2) is 0 Å². The molecule has 0 spiro atoms. The summed E-state index contributed by atoms with van der Waals surface area (Å²) in [6, 6.07) is 5.19. The van der Waals surface area contributed by atoms with Gasteiger partial charge in [0.1, 0.15) is 0 Å². The Balaban J connectivity index is 2.71. The molecule has 1 aromatic rings. The third kappa shape index (κ3) is 3.70. The molecule has 14 heavy (non-hydrogen) atoms. The van der Waals surface area contributed by atoms with E-state index in [0.717, 1.165) is 12.2 Å². The standard InChI is InChI=1S/C9H10Cl2N2S/c1-2-12-9(14)13-8-4-6(10)3-7(11)5-8/h3-5H,2H2,1H3,(H2,12,13,14). The number of anilines is 1. The van der Waals surface area contributed by atoms with Gasteiger partial charge in [0.25, 0.3) is 0 Å². The van der Waals surface area contributed by atoms with Gasteiger partial charge in [-0.05, 0) is 37.3 Å². The molecule has 1 aromatic carbocycles. The summed E-state index contributed by atoms with van der Waals surface area (Å²) in [5.74, 6) is 0. The maximum absolute atomic E-state index is 5.82. The van der Waals surface area contributed by atoms with Gasteiger partial charge < -0.3 is 10.6 Å². The minimum atomic E-state index is 0.561. The fourth-order valence-corrected chi connectivity index (χ4v) is 1.75. The Bertz CT molecular complexity index is 321. The van der Waals surface area contributed by atoms with Crippen LogP contribution in [0.25, 0.3) is 0 Å². The topological polar surface area (TPSA) is 24.1 Å². The lowest BCUT2D eigenvalue weighted by atomic mass is 10.3. The number of halogens is 2. The first-order valence-corrected chi connectivity index (χ1v) is 5.29. The summed E-state index contributed by atoms with van der Waals surface area (Å²) < 4.78 is 0. The molecule has 0 atom stereocenters. The van der Waals surface area contributed by atoms with Crippen LogP contribution >= 0.6 is 35.4 Å². The molecular weight excluding hydrogens is 239 g/mol. The summed E-state index contributed by atoms with van der Waals surface area (Å²) in [5, 5.41) is 7.67. The summed E-state index contributed by atoms with van der Waals surface area (Å²) in [6.45, 7) is 2.75. The molecule has 0 aliphatic rings. The van der Waals surface area contributed by atoms with E-state index in [9.17, 15) is 0 Å². The molecule has 0 bridgehead atoms. The van der Waals surface area contributed by atoms with Crippen molar-refractivity contribution < 1.29 is 0 Å². The van der Waals surface area contributed by atoms with Gasteiger partial charge in [-0.15, -0.1) is 0 Å². The van der Waals surface area contributed by atoms with Crippen LogP contribution in [0, 0.1) is 0 Å². The van der Waals surface area contributed by atoms with E-state index < -0.39 is 0 Å². The van der Waals surface area contributed by atoms with Crippen LogP contribution in [0.5, 0.6) is 0 Å². The van der Waals surface area contributed by atoms with Crippen molar-refractivity contribution in [3.05, 3.63) is 28.2 Å². The largest absolute Gasteiger partial charge is 0.363 e. The van der Waals surface area contributed by atoms with Crippen LogP contribution in [-0.4, -0.2) is 11.7 Å². The smallest absolute Gasteiger partial charge is 0.170 e. The van der Waals surface area contributed by atoms with Gasteiger partial charge >= 0.3 is 0 Å². The molecule has 0 heterocycles. The lowest BCUT2D eigenvalue weighted by Gasteiger charge is -2.09. The van der Waals surface area contributed by atoms with E-state index in [1.165, 1.54) is 0 Å². The van der Waals surface area contributed by atoms with E-state index >= 15 is 0 Å². The van der Waals surface area contributed by atoms with Crippen molar-refractivity contribution in [2.24, 2.45) is 0 Å². The molecule has 5 heteroatoms. The number of hydrogen-bond donors (Lipinski definition) is 2. The molecule has 0 aliphatic carbocycles. The zero-order chi connectivity index (χ0) is 10.6. The first-order chi connectivity index (χ1) is 6.61. The number of nitrogens with one attached hydrogen (secondary N) is 2. The number of thiocarbonyl (C=S) groups is 1. The summed E-state index contributed by atoms with van der Waals surface area (Å²) >= 11 is 16.7. The fraction of sp³-hybridized carbons (Fsp3) is 0.222. The molecule has 2 nitrogen and oxygen atoms in total. The molecular formula is C9H10Cl2N2S. The van der Waals surface area contributed by atoms with Gasteiger partial charge in [-0.1, -0.05) is 23.2 Å². The van der Waals surface area contributed by atoms with Crippen LogP contribution in [0.1, 0.15) is 6.92 Å². The highest BCUT2D eigenvalue weighted by molar-refractivity contribution is 7.80. The van der Waals surface area contributed by atoms with E-state index in [2.05, 4.69) is 10.6 Å². The fourth-order valence-electron chi connectivity index (χ4n) is 0.962. The molecule has 1 rings (SSSR count).